The Labute approximate surface area is 228 Å². The van der Waals surface area contributed by atoms with Crippen molar-refractivity contribution in [1.29, 1.82) is 0 Å². The van der Waals surface area contributed by atoms with Crippen LogP contribution in [-0.2, 0) is 14.3 Å². The summed E-state index contributed by atoms with van der Waals surface area (Å²) >= 11 is 1.60. The lowest BCUT2D eigenvalue weighted by atomic mass is 9.93. The fourth-order valence-corrected chi connectivity index (χ4v) is 4.56. The average molecular weight is 536 g/mol. The summed E-state index contributed by atoms with van der Waals surface area (Å²) in [7, 11) is 0. The monoisotopic (exact) mass is 535 g/mol. The highest BCUT2D eigenvalue weighted by molar-refractivity contribution is 7.98. The molecule has 8 heteroatoms. The lowest BCUT2D eigenvalue weighted by Gasteiger charge is -2.39. The lowest BCUT2D eigenvalue weighted by molar-refractivity contribution is -0.145. The van der Waals surface area contributed by atoms with Crippen LogP contribution in [0.4, 0.5) is 4.79 Å². The fourth-order valence-electron chi connectivity index (χ4n) is 4.09. The predicted octanol–water partition coefficient (Wildman–Crippen LogP) is 5.92. The molecule has 2 N–H and O–H groups in total. The highest BCUT2D eigenvalue weighted by Gasteiger charge is 2.39. The summed E-state index contributed by atoms with van der Waals surface area (Å²) in [6, 6.07) is 4.03. The predicted molar refractivity (Wildman–Crippen MR) is 154 cm³/mol. The first-order chi connectivity index (χ1) is 17.4. The van der Waals surface area contributed by atoms with Gasteiger partial charge in [0.1, 0.15) is 17.7 Å². The van der Waals surface area contributed by atoms with Gasteiger partial charge in [-0.3, -0.25) is 9.59 Å². The molecule has 0 aliphatic rings. The summed E-state index contributed by atoms with van der Waals surface area (Å²) in [5.74, 6) is 0.209. The summed E-state index contributed by atoms with van der Waals surface area (Å²) in [6.45, 7) is 16.0. The molecular formula is C29H49N3O4S. The van der Waals surface area contributed by atoms with Gasteiger partial charge in [0.15, 0.2) is 0 Å². The van der Waals surface area contributed by atoms with Crippen LogP contribution >= 0.6 is 11.8 Å². The van der Waals surface area contributed by atoms with E-state index >= 15 is 0 Å². The van der Waals surface area contributed by atoms with Gasteiger partial charge in [-0.15, -0.1) is 0 Å². The van der Waals surface area contributed by atoms with Crippen molar-refractivity contribution in [2.24, 2.45) is 0 Å². The van der Waals surface area contributed by atoms with Crippen LogP contribution in [0.1, 0.15) is 96.4 Å². The third kappa shape index (κ3) is 10.6. The molecule has 0 saturated heterocycles. The standard InChI is InChI=1S/C29H49N3O4S/c1-10-12-13-18-30-26(33)25(23-16-14-15-20(3)22(23)5)32(21(4)11-2)27(34)24(17-19-37-9)31-28(35)36-29(6,7)8/h14-16,21,24-25H,10-13,17-19H2,1-9H3,(H,30,33)(H,31,35). The molecule has 1 aromatic rings. The van der Waals surface area contributed by atoms with Gasteiger partial charge in [0, 0.05) is 12.6 Å². The SMILES string of the molecule is CCCCCNC(=O)C(c1cccc(C)c1C)N(C(=O)C(CCSC)NC(=O)OC(C)(C)C)C(C)CC. The van der Waals surface area contributed by atoms with E-state index in [4.69, 9.17) is 4.74 Å². The van der Waals surface area contributed by atoms with Gasteiger partial charge in [-0.05, 0) is 89.5 Å². The number of nitrogens with zero attached hydrogens (tertiary/aromatic N) is 1. The lowest BCUT2D eigenvalue weighted by Crippen LogP contribution is -2.55. The number of rotatable bonds is 14. The first-order valence-electron chi connectivity index (χ1n) is 13.5. The minimum Gasteiger partial charge on any atom is -0.444 e. The molecule has 210 valence electrons. The highest BCUT2D eigenvalue weighted by atomic mass is 32.2. The van der Waals surface area contributed by atoms with E-state index in [1.54, 1.807) is 37.4 Å². The maximum atomic E-state index is 14.2. The van der Waals surface area contributed by atoms with E-state index < -0.39 is 23.8 Å². The van der Waals surface area contributed by atoms with Crippen LogP contribution in [0.2, 0.25) is 0 Å². The minimum absolute atomic E-state index is 0.195. The molecule has 0 spiro atoms. The third-order valence-corrected chi connectivity index (χ3v) is 7.11. The van der Waals surface area contributed by atoms with Crippen molar-refractivity contribution in [3.63, 3.8) is 0 Å². The summed E-state index contributed by atoms with van der Waals surface area (Å²) in [5, 5.41) is 5.88. The molecule has 0 fully saturated rings. The van der Waals surface area contributed by atoms with Crippen LogP contribution < -0.4 is 10.6 Å². The molecule has 3 atom stereocenters. The Kier molecular flexibility index (Phi) is 14.1. The molecule has 0 aliphatic carbocycles. The third-order valence-electron chi connectivity index (χ3n) is 6.47. The van der Waals surface area contributed by atoms with Crippen LogP contribution in [-0.4, -0.2) is 59.0 Å². The van der Waals surface area contributed by atoms with E-state index in [-0.39, 0.29) is 17.9 Å². The van der Waals surface area contributed by atoms with E-state index in [9.17, 15) is 14.4 Å². The van der Waals surface area contributed by atoms with E-state index in [0.29, 0.717) is 25.1 Å². The molecular weight excluding hydrogens is 486 g/mol. The van der Waals surface area contributed by atoms with E-state index in [1.807, 2.05) is 52.1 Å². The molecule has 3 amide bonds. The number of ether oxygens (including phenoxy) is 1. The van der Waals surface area contributed by atoms with Crippen LogP contribution in [0.3, 0.4) is 0 Å². The fraction of sp³-hybridized carbons (Fsp3) is 0.690. The van der Waals surface area contributed by atoms with Crippen LogP contribution in [0.15, 0.2) is 18.2 Å². The topological polar surface area (TPSA) is 87.7 Å². The largest absolute Gasteiger partial charge is 0.444 e. The second-order valence-electron chi connectivity index (χ2n) is 10.7. The van der Waals surface area contributed by atoms with Gasteiger partial charge in [-0.1, -0.05) is 44.9 Å². The first-order valence-corrected chi connectivity index (χ1v) is 14.9. The van der Waals surface area contributed by atoms with E-state index in [1.165, 1.54) is 0 Å². The molecule has 0 bridgehead atoms. The zero-order valence-electron chi connectivity index (χ0n) is 24.4. The van der Waals surface area contributed by atoms with Crippen LogP contribution in [0, 0.1) is 13.8 Å². The van der Waals surface area contributed by atoms with Crippen molar-refractivity contribution in [2.75, 3.05) is 18.6 Å². The van der Waals surface area contributed by atoms with Gasteiger partial charge in [0.25, 0.3) is 0 Å². The number of unbranched alkanes of at least 4 members (excludes halogenated alkanes) is 2. The number of aryl methyl sites for hydroxylation is 1. The number of benzene rings is 1. The molecule has 7 nitrogen and oxygen atoms in total. The second-order valence-corrected chi connectivity index (χ2v) is 11.7. The molecule has 0 heterocycles. The van der Waals surface area contributed by atoms with Crippen molar-refractivity contribution in [1.82, 2.24) is 15.5 Å². The number of nitrogens with one attached hydrogen (secondary N) is 2. The Morgan fingerprint density at radius 3 is 2.35 bits per heavy atom. The van der Waals surface area contributed by atoms with Crippen molar-refractivity contribution >= 4 is 29.7 Å². The smallest absolute Gasteiger partial charge is 0.408 e. The Morgan fingerprint density at radius 2 is 1.78 bits per heavy atom. The van der Waals surface area contributed by atoms with Gasteiger partial charge >= 0.3 is 6.09 Å². The Hall–Kier alpha value is -2.22. The molecule has 0 aromatic heterocycles. The number of alkyl carbamates (subject to hydrolysis) is 1. The van der Waals surface area contributed by atoms with Gasteiger partial charge in [0.2, 0.25) is 11.8 Å². The molecule has 37 heavy (non-hydrogen) atoms. The summed E-state index contributed by atoms with van der Waals surface area (Å²) in [5.41, 5.74) is 2.16. The average Bonchev–Trinajstić information content (AvgIpc) is 2.82. The molecule has 1 aromatic carbocycles. The molecule has 0 aliphatic heterocycles. The highest BCUT2D eigenvalue weighted by Crippen LogP contribution is 2.30. The number of hydrogen-bond acceptors (Lipinski definition) is 5. The number of amides is 3. The molecule has 0 saturated carbocycles. The minimum atomic E-state index is -0.809. The quantitative estimate of drug-likeness (QED) is 0.289. The van der Waals surface area contributed by atoms with Crippen molar-refractivity contribution in [3.8, 4) is 0 Å². The summed E-state index contributed by atoms with van der Waals surface area (Å²) < 4.78 is 5.46. The zero-order chi connectivity index (χ0) is 28.2. The summed E-state index contributed by atoms with van der Waals surface area (Å²) in [6.07, 6.45) is 5.39. The van der Waals surface area contributed by atoms with Crippen molar-refractivity contribution in [3.05, 3.63) is 34.9 Å². The van der Waals surface area contributed by atoms with Crippen molar-refractivity contribution in [2.45, 2.75) is 111 Å². The molecule has 1 rings (SSSR count). The Bertz CT molecular complexity index is 884. The maximum absolute atomic E-state index is 14.2. The number of thioether (sulfide) groups is 1. The first kappa shape index (κ1) is 32.8. The van der Waals surface area contributed by atoms with Gasteiger partial charge in [-0.25, -0.2) is 4.79 Å². The number of hydrogen-bond donors (Lipinski definition) is 2. The Balaban J connectivity index is 3.51. The molecule has 0 radical (unpaired) electrons. The normalized spacial score (nSPS) is 13.9. The van der Waals surface area contributed by atoms with Crippen molar-refractivity contribution < 1.29 is 19.1 Å². The zero-order valence-corrected chi connectivity index (χ0v) is 25.2. The van der Waals surface area contributed by atoms with Gasteiger partial charge in [-0.2, -0.15) is 11.8 Å². The molecule has 3 unspecified atom stereocenters. The number of carbonyl (C=O) groups excluding carboxylic acids is 3. The van der Waals surface area contributed by atoms with Crippen LogP contribution in [0.5, 0.6) is 0 Å². The second kappa shape index (κ2) is 15.9. The van der Waals surface area contributed by atoms with Gasteiger partial charge in [0.05, 0.1) is 0 Å². The van der Waals surface area contributed by atoms with E-state index in [2.05, 4.69) is 17.6 Å². The van der Waals surface area contributed by atoms with Gasteiger partial charge < -0.3 is 20.3 Å². The maximum Gasteiger partial charge on any atom is 0.408 e. The van der Waals surface area contributed by atoms with E-state index in [0.717, 1.165) is 36.0 Å². The summed E-state index contributed by atoms with van der Waals surface area (Å²) in [4.78, 5) is 42.3. The van der Waals surface area contributed by atoms with Crippen LogP contribution in [0.25, 0.3) is 0 Å². The Morgan fingerprint density at radius 1 is 1.11 bits per heavy atom. The number of carbonyl (C=O) groups is 3.